The van der Waals surface area contributed by atoms with Crippen LogP contribution in [0.5, 0.6) is 0 Å². The Morgan fingerprint density at radius 3 is 2.80 bits per heavy atom. The van der Waals surface area contributed by atoms with Gasteiger partial charge < -0.3 is 14.4 Å². The normalized spacial score (nSPS) is 13.1. The van der Waals surface area contributed by atoms with Gasteiger partial charge in [-0.3, -0.25) is 0 Å². The molecular formula is C16H21NO3. The number of hydrogen-bond acceptors (Lipinski definition) is 4. The standard InChI is InChI=1S/C16H21NO3/c1-11-4-5-14-13(9-16(19)20-15(14)8-11)10-17(3)7-6-12(2)18/h4-5,8-9,12,18H,6-7,10H2,1-3H3. The molecule has 2 rings (SSSR count). The van der Waals surface area contributed by atoms with Gasteiger partial charge in [-0.25, -0.2) is 4.79 Å². The number of nitrogens with zero attached hydrogens (tertiary/aromatic N) is 1. The van der Waals surface area contributed by atoms with Gasteiger partial charge in [0.15, 0.2) is 0 Å². The van der Waals surface area contributed by atoms with Crippen LogP contribution in [0.2, 0.25) is 0 Å². The van der Waals surface area contributed by atoms with Gasteiger partial charge in [-0.05, 0) is 44.5 Å². The van der Waals surface area contributed by atoms with Crippen LogP contribution in [0.4, 0.5) is 0 Å². The van der Waals surface area contributed by atoms with Crippen LogP contribution in [0.1, 0.15) is 24.5 Å². The van der Waals surface area contributed by atoms with Crippen molar-refractivity contribution >= 4 is 11.0 Å². The first kappa shape index (κ1) is 14.8. The molecule has 1 unspecified atom stereocenters. The fraction of sp³-hybridized carbons (Fsp3) is 0.438. The summed E-state index contributed by atoms with van der Waals surface area (Å²) in [5.41, 5.74) is 2.35. The molecule has 0 radical (unpaired) electrons. The van der Waals surface area contributed by atoms with Crippen molar-refractivity contribution in [2.45, 2.75) is 32.9 Å². The van der Waals surface area contributed by atoms with E-state index >= 15 is 0 Å². The number of fused-ring (bicyclic) bond motifs is 1. The van der Waals surface area contributed by atoms with Gasteiger partial charge in [-0.15, -0.1) is 0 Å². The molecule has 4 nitrogen and oxygen atoms in total. The third kappa shape index (κ3) is 3.68. The summed E-state index contributed by atoms with van der Waals surface area (Å²) in [6.07, 6.45) is 0.410. The highest BCUT2D eigenvalue weighted by Crippen LogP contribution is 2.19. The Bertz CT molecular complexity index is 646. The third-order valence-electron chi connectivity index (χ3n) is 3.35. The summed E-state index contributed by atoms with van der Waals surface area (Å²) in [4.78, 5) is 13.7. The van der Waals surface area contributed by atoms with Gasteiger partial charge in [0.1, 0.15) is 5.58 Å². The predicted molar refractivity (Wildman–Crippen MR) is 79.9 cm³/mol. The zero-order valence-corrected chi connectivity index (χ0v) is 12.2. The number of aliphatic hydroxyl groups excluding tert-OH is 1. The van der Waals surface area contributed by atoms with Crippen LogP contribution >= 0.6 is 0 Å². The van der Waals surface area contributed by atoms with Crippen molar-refractivity contribution in [1.29, 1.82) is 0 Å². The molecule has 0 bridgehead atoms. The average molecular weight is 275 g/mol. The molecule has 108 valence electrons. The van der Waals surface area contributed by atoms with Gasteiger partial charge in [-0.1, -0.05) is 12.1 Å². The van der Waals surface area contributed by atoms with E-state index < -0.39 is 0 Å². The first-order valence-corrected chi connectivity index (χ1v) is 6.85. The van der Waals surface area contributed by atoms with E-state index in [4.69, 9.17) is 4.42 Å². The lowest BCUT2D eigenvalue weighted by Gasteiger charge is -2.18. The molecule has 1 atom stereocenters. The molecule has 0 saturated carbocycles. The first-order valence-electron chi connectivity index (χ1n) is 6.85. The van der Waals surface area contributed by atoms with Crippen LogP contribution in [0, 0.1) is 6.92 Å². The molecule has 2 aromatic rings. The van der Waals surface area contributed by atoms with Crippen LogP contribution < -0.4 is 5.63 Å². The topological polar surface area (TPSA) is 53.7 Å². The van der Waals surface area contributed by atoms with Crippen molar-refractivity contribution < 1.29 is 9.52 Å². The molecule has 1 aromatic carbocycles. The summed E-state index contributed by atoms with van der Waals surface area (Å²) >= 11 is 0. The van der Waals surface area contributed by atoms with Crippen LogP contribution in [-0.4, -0.2) is 29.7 Å². The van der Waals surface area contributed by atoms with Gasteiger partial charge in [0, 0.05) is 24.5 Å². The van der Waals surface area contributed by atoms with Gasteiger partial charge >= 0.3 is 5.63 Å². The van der Waals surface area contributed by atoms with Crippen molar-refractivity contribution in [3.63, 3.8) is 0 Å². The highest BCUT2D eigenvalue weighted by molar-refractivity contribution is 5.80. The van der Waals surface area contributed by atoms with Crippen molar-refractivity contribution in [2.75, 3.05) is 13.6 Å². The van der Waals surface area contributed by atoms with E-state index in [9.17, 15) is 9.90 Å². The zero-order valence-electron chi connectivity index (χ0n) is 12.2. The van der Waals surface area contributed by atoms with Gasteiger partial charge in [0.25, 0.3) is 0 Å². The van der Waals surface area contributed by atoms with Gasteiger partial charge in [0.2, 0.25) is 0 Å². The summed E-state index contributed by atoms with van der Waals surface area (Å²) in [5, 5.41) is 10.3. The highest BCUT2D eigenvalue weighted by Gasteiger charge is 2.09. The van der Waals surface area contributed by atoms with E-state index in [2.05, 4.69) is 4.90 Å². The summed E-state index contributed by atoms with van der Waals surface area (Å²) in [6.45, 7) is 5.20. The molecule has 1 heterocycles. The molecule has 1 N–H and O–H groups in total. The average Bonchev–Trinajstić information content (AvgIpc) is 2.35. The van der Waals surface area contributed by atoms with Crippen LogP contribution in [0.25, 0.3) is 11.0 Å². The van der Waals surface area contributed by atoms with Gasteiger partial charge in [-0.2, -0.15) is 0 Å². The fourth-order valence-electron chi connectivity index (χ4n) is 2.25. The van der Waals surface area contributed by atoms with Crippen LogP contribution in [-0.2, 0) is 6.54 Å². The molecule has 0 spiro atoms. The monoisotopic (exact) mass is 275 g/mol. The summed E-state index contributed by atoms with van der Waals surface area (Å²) in [7, 11) is 1.98. The number of aliphatic hydroxyl groups is 1. The minimum atomic E-state index is -0.318. The molecule has 0 aliphatic rings. The molecule has 4 heteroatoms. The maximum absolute atomic E-state index is 11.6. The maximum atomic E-state index is 11.6. The second-order valence-corrected chi connectivity index (χ2v) is 5.47. The van der Waals surface area contributed by atoms with Crippen molar-refractivity contribution in [1.82, 2.24) is 4.90 Å². The SMILES string of the molecule is Cc1ccc2c(CN(C)CCC(C)O)cc(=O)oc2c1. The lowest BCUT2D eigenvalue weighted by Crippen LogP contribution is -2.22. The Kier molecular flexibility index (Phi) is 4.57. The molecule has 20 heavy (non-hydrogen) atoms. The Hall–Kier alpha value is -1.65. The van der Waals surface area contributed by atoms with E-state index in [-0.39, 0.29) is 11.7 Å². The highest BCUT2D eigenvalue weighted by atomic mass is 16.4. The molecule has 1 aromatic heterocycles. The van der Waals surface area contributed by atoms with Crippen molar-refractivity contribution in [3.8, 4) is 0 Å². The lowest BCUT2D eigenvalue weighted by molar-refractivity contribution is 0.163. The smallest absolute Gasteiger partial charge is 0.336 e. The van der Waals surface area contributed by atoms with E-state index in [0.717, 1.165) is 29.5 Å². The second kappa shape index (κ2) is 6.20. The Morgan fingerprint density at radius 2 is 2.10 bits per heavy atom. The lowest BCUT2D eigenvalue weighted by atomic mass is 10.1. The maximum Gasteiger partial charge on any atom is 0.336 e. The van der Waals surface area contributed by atoms with Crippen molar-refractivity contribution in [2.24, 2.45) is 0 Å². The van der Waals surface area contributed by atoms with Crippen LogP contribution in [0.3, 0.4) is 0 Å². The van der Waals surface area contributed by atoms with Gasteiger partial charge in [0.05, 0.1) is 6.10 Å². The largest absolute Gasteiger partial charge is 0.423 e. The Labute approximate surface area is 118 Å². The van der Waals surface area contributed by atoms with E-state index in [1.807, 2.05) is 32.2 Å². The first-order chi connectivity index (χ1) is 9.45. The predicted octanol–water partition coefficient (Wildman–Crippen LogP) is 2.30. The van der Waals surface area contributed by atoms with Crippen LogP contribution in [0.15, 0.2) is 33.5 Å². The molecule has 0 aliphatic carbocycles. The molecular weight excluding hydrogens is 254 g/mol. The third-order valence-corrected chi connectivity index (χ3v) is 3.35. The summed E-state index contributed by atoms with van der Waals surface area (Å²) < 4.78 is 5.25. The number of aryl methyl sites for hydroxylation is 1. The number of benzene rings is 1. The minimum absolute atomic E-state index is 0.308. The number of hydrogen-bond donors (Lipinski definition) is 1. The molecule has 0 aliphatic heterocycles. The summed E-state index contributed by atoms with van der Waals surface area (Å²) in [6, 6.07) is 7.44. The Morgan fingerprint density at radius 1 is 1.35 bits per heavy atom. The van der Waals surface area contributed by atoms with E-state index in [1.54, 1.807) is 13.0 Å². The summed E-state index contributed by atoms with van der Waals surface area (Å²) in [5.74, 6) is 0. The van der Waals surface area contributed by atoms with E-state index in [0.29, 0.717) is 12.1 Å². The zero-order chi connectivity index (χ0) is 14.7. The van der Waals surface area contributed by atoms with Crippen molar-refractivity contribution in [3.05, 3.63) is 45.8 Å². The fourth-order valence-corrected chi connectivity index (χ4v) is 2.25. The number of rotatable bonds is 5. The molecule has 0 amide bonds. The quantitative estimate of drug-likeness (QED) is 0.851. The minimum Gasteiger partial charge on any atom is -0.423 e. The Balaban J connectivity index is 2.27. The second-order valence-electron chi connectivity index (χ2n) is 5.47. The van der Waals surface area contributed by atoms with E-state index in [1.165, 1.54) is 0 Å². The molecule has 0 fully saturated rings. The molecule has 0 saturated heterocycles.